The first-order valence-corrected chi connectivity index (χ1v) is 5.98. The second kappa shape index (κ2) is 5.48. The SMILES string of the molecule is Nc1cc(Cl)c(Oc2ccc(CO)cc2)c(Cl)c1. The van der Waals surface area contributed by atoms with Crippen molar-refractivity contribution in [3.05, 3.63) is 52.0 Å². The van der Waals surface area contributed by atoms with Crippen LogP contribution in [0.4, 0.5) is 5.69 Å². The summed E-state index contributed by atoms with van der Waals surface area (Å²) in [5.41, 5.74) is 6.89. The first-order chi connectivity index (χ1) is 8.60. The van der Waals surface area contributed by atoms with Gasteiger partial charge in [0.05, 0.1) is 16.7 Å². The average Bonchev–Trinajstić information content (AvgIpc) is 2.34. The Labute approximate surface area is 115 Å². The maximum Gasteiger partial charge on any atom is 0.164 e. The van der Waals surface area contributed by atoms with Crippen molar-refractivity contribution in [1.82, 2.24) is 0 Å². The van der Waals surface area contributed by atoms with Gasteiger partial charge in [-0.1, -0.05) is 35.3 Å². The van der Waals surface area contributed by atoms with Crippen LogP contribution in [0.25, 0.3) is 0 Å². The molecule has 0 amide bonds. The Morgan fingerprint density at radius 1 is 1.06 bits per heavy atom. The molecule has 0 aliphatic carbocycles. The molecule has 0 saturated carbocycles. The van der Waals surface area contributed by atoms with Gasteiger partial charge in [0.15, 0.2) is 5.75 Å². The Kier molecular flexibility index (Phi) is 3.97. The van der Waals surface area contributed by atoms with Crippen molar-refractivity contribution in [2.75, 3.05) is 5.73 Å². The highest BCUT2D eigenvalue weighted by Crippen LogP contribution is 2.38. The van der Waals surface area contributed by atoms with Crippen LogP contribution in [0.3, 0.4) is 0 Å². The molecule has 0 bridgehead atoms. The van der Waals surface area contributed by atoms with E-state index in [1.165, 1.54) is 0 Å². The summed E-state index contributed by atoms with van der Waals surface area (Å²) in [4.78, 5) is 0. The molecule has 2 rings (SSSR count). The Bertz CT molecular complexity index is 532. The van der Waals surface area contributed by atoms with Crippen molar-refractivity contribution < 1.29 is 9.84 Å². The number of hydrogen-bond acceptors (Lipinski definition) is 3. The van der Waals surface area contributed by atoms with Gasteiger partial charge in [-0.05, 0) is 29.8 Å². The van der Waals surface area contributed by atoms with E-state index in [0.29, 0.717) is 27.2 Å². The van der Waals surface area contributed by atoms with E-state index in [1.54, 1.807) is 36.4 Å². The van der Waals surface area contributed by atoms with Crippen molar-refractivity contribution in [3.63, 3.8) is 0 Å². The zero-order valence-electron chi connectivity index (χ0n) is 9.36. The molecule has 2 aromatic rings. The monoisotopic (exact) mass is 283 g/mol. The van der Waals surface area contributed by atoms with Crippen LogP contribution in [0.15, 0.2) is 36.4 Å². The van der Waals surface area contributed by atoms with Gasteiger partial charge in [0, 0.05) is 5.69 Å². The van der Waals surface area contributed by atoms with Crippen molar-refractivity contribution in [2.45, 2.75) is 6.61 Å². The molecule has 0 fully saturated rings. The lowest BCUT2D eigenvalue weighted by atomic mass is 10.2. The molecule has 0 aliphatic rings. The lowest BCUT2D eigenvalue weighted by Gasteiger charge is -2.10. The maximum absolute atomic E-state index is 8.94. The first-order valence-electron chi connectivity index (χ1n) is 5.22. The number of aliphatic hydroxyl groups excluding tert-OH is 1. The molecule has 0 unspecified atom stereocenters. The topological polar surface area (TPSA) is 55.5 Å². The summed E-state index contributed by atoms with van der Waals surface area (Å²) in [5.74, 6) is 0.949. The second-order valence-corrected chi connectivity index (χ2v) is 4.53. The molecule has 2 aromatic carbocycles. The Morgan fingerprint density at radius 3 is 2.11 bits per heavy atom. The van der Waals surface area contributed by atoms with E-state index >= 15 is 0 Å². The number of halogens is 2. The molecule has 0 saturated heterocycles. The minimum Gasteiger partial charge on any atom is -0.454 e. The van der Waals surface area contributed by atoms with Gasteiger partial charge in [0.2, 0.25) is 0 Å². The summed E-state index contributed by atoms with van der Waals surface area (Å²) in [5, 5.41) is 9.65. The van der Waals surface area contributed by atoms with Crippen LogP contribution in [0.2, 0.25) is 10.0 Å². The van der Waals surface area contributed by atoms with Crippen molar-refractivity contribution in [3.8, 4) is 11.5 Å². The summed E-state index contributed by atoms with van der Waals surface area (Å²) in [6.07, 6.45) is 0. The van der Waals surface area contributed by atoms with Crippen LogP contribution >= 0.6 is 23.2 Å². The van der Waals surface area contributed by atoms with E-state index in [2.05, 4.69) is 0 Å². The average molecular weight is 284 g/mol. The van der Waals surface area contributed by atoms with Gasteiger partial charge in [0.25, 0.3) is 0 Å². The van der Waals surface area contributed by atoms with Gasteiger partial charge in [0.1, 0.15) is 5.75 Å². The molecule has 94 valence electrons. The predicted octanol–water partition coefficient (Wildman–Crippen LogP) is 3.86. The number of anilines is 1. The third kappa shape index (κ3) is 2.88. The third-order valence-corrected chi connectivity index (χ3v) is 2.91. The largest absolute Gasteiger partial charge is 0.454 e. The van der Waals surface area contributed by atoms with Crippen LogP contribution in [0, 0.1) is 0 Å². The molecule has 0 radical (unpaired) electrons. The number of ether oxygens (including phenoxy) is 1. The number of nitrogen functional groups attached to an aromatic ring is 1. The lowest BCUT2D eigenvalue weighted by molar-refractivity contribution is 0.281. The maximum atomic E-state index is 8.94. The minimum absolute atomic E-state index is 0.0103. The summed E-state index contributed by atoms with van der Waals surface area (Å²) in [6, 6.07) is 10.1. The smallest absolute Gasteiger partial charge is 0.164 e. The zero-order valence-corrected chi connectivity index (χ0v) is 10.9. The van der Waals surface area contributed by atoms with Gasteiger partial charge in [-0.25, -0.2) is 0 Å². The highest BCUT2D eigenvalue weighted by Gasteiger charge is 2.09. The molecule has 3 nitrogen and oxygen atoms in total. The van der Waals surface area contributed by atoms with E-state index in [-0.39, 0.29) is 6.61 Å². The molecule has 0 spiro atoms. The van der Waals surface area contributed by atoms with E-state index < -0.39 is 0 Å². The molecule has 0 aromatic heterocycles. The van der Waals surface area contributed by atoms with Gasteiger partial charge in [-0.15, -0.1) is 0 Å². The van der Waals surface area contributed by atoms with Gasteiger partial charge in [-0.3, -0.25) is 0 Å². The fourth-order valence-electron chi connectivity index (χ4n) is 1.46. The number of benzene rings is 2. The number of hydrogen-bond donors (Lipinski definition) is 2. The first kappa shape index (κ1) is 13.0. The number of nitrogens with two attached hydrogens (primary N) is 1. The highest BCUT2D eigenvalue weighted by molar-refractivity contribution is 6.37. The van der Waals surface area contributed by atoms with Crippen LogP contribution in [0.5, 0.6) is 11.5 Å². The lowest BCUT2D eigenvalue weighted by Crippen LogP contribution is -1.91. The highest BCUT2D eigenvalue weighted by atomic mass is 35.5. The quantitative estimate of drug-likeness (QED) is 0.841. The van der Waals surface area contributed by atoms with Crippen LogP contribution in [-0.4, -0.2) is 5.11 Å². The van der Waals surface area contributed by atoms with E-state index in [9.17, 15) is 0 Å². The summed E-state index contributed by atoms with van der Waals surface area (Å²) in [7, 11) is 0. The number of rotatable bonds is 3. The molecule has 0 heterocycles. The Morgan fingerprint density at radius 2 is 1.61 bits per heavy atom. The third-order valence-electron chi connectivity index (χ3n) is 2.35. The van der Waals surface area contributed by atoms with E-state index in [1.807, 2.05) is 0 Å². The summed E-state index contributed by atoms with van der Waals surface area (Å²) < 4.78 is 5.59. The fraction of sp³-hybridized carbons (Fsp3) is 0.0769. The molecule has 18 heavy (non-hydrogen) atoms. The van der Waals surface area contributed by atoms with Crippen molar-refractivity contribution in [1.29, 1.82) is 0 Å². The summed E-state index contributed by atoms with van der Waals surface area (Å²) in [6.45, 7) is -0.0103. The normalized spacial score (nSPS) is 10.4. The molecular formula is C13H11Cl2NO2. The van der Waals surface area contributed by atoms with E-state index in [4.69, 9.17) is 38.8 Å². The van der Waals surface area contributed by atoms with Crippen molar-refractivity contribution in [2.24, 2.45) is 0 Å². The molecular weight excluding hydrogens is 273 g/mol. The number of aliphatic hydroxyl groups is 1. The molecule has 0 aliphatic heterocycles. The zero-order chi connectivity index (χ0) is 13.1. The second-order valence-electron chi connectivity index (χ2n) is 3.72. The van der Waals surface area contributed by atoms with Crippen molar-refractivity contribution >= 4 is 28.9 Å². The standard InChI is InChI=1S/C13H11Cl2NO2/c14-11-5-9(16)6-12(15)13(11)18-10-3-1-8(7-17)2-4-10/h1-6,17H,7,16H2. The van der Waals surface area contributed by atoms with Gasteiger partial charge < -0.3 is 15.6 Å². The molecule has 3 N–H and O–H groups in total. The predicted molar refractivity (Wildman–Crippen MR) is 73.3 cm³/mol. The summed E-state index contributed by atoms with van der Waals surface area (Å²) >= 11 is 12.0. The van der Waals surface area contributed by atoms with Crippen LogP contribution in [0.1, 0.15) is 5.56 Å². The van der Waals surface area contributed by atoms with Gasteiger partial charge in [-0.2, -0.15) is 0 Å². The van der Waals surface area contributed by atoms with Crippen LogP contribution in [-0.2, 0) is 6.61 Å². The van der Waals surface area contributed by atoms with Crippen LogP contribution < -0.4 is 10.5 Å². The Balaban J connectivity index is 2.28. The fourth-order valence-corrected chi connectivity index (χ4v) is 2.04. The molecule has 5 heteroatoms. The Hall–Kier alpha value is -1.42. The van der Waals surface area contributed by atoms with E-state index in [0.717, 1.165) is 5.56 Å². The minimum atomic E-state index is -0.0103. The van der Waals surface area contributed by atoms with Gasteiger partial charge >= 0.3 is 0 Å². The molecule has 0 atom stereocenters.